The number of fused-ring (bicyclic) bond motifs is 1. The van der Waals surface area contributed by atoms with Crippen molar-refractivity contribution in [3.8, 4) is 16.4 Å². The summed E-state index contributed by atoms with van der Waals surface area (Å²) in [5.74, 6) is -0.0444. The van der Waals surface area contributed by atoms with Crippen LogP contribution in [-0.2, 0) is 4.79 Å². The molecular weight excluding hydrogens is 456 g/mol. The number of carbonyl (C=O) groups excluding carboxylic acids is 1. The lowest BCUT2D eigenvalue weighted by atomic mass is 10.2. The molecule has 1 aliphatic rings. The lowest BCUT2D eigenvalue weighted by Gasteiger charge is -2.21. The van der Waals surface area contributed by atoms with Crippen LogP contribution >= 0.6 is 35.3 Å². The van der Waals surface area contributed by atoms with Crippen molar-refractivity contribution in [2.75, 3.05) is 0 Å². The molecule has 5 nitrogen and oxygen atoms in total. The van der Waals surface area contributed by atoms with Crippen molar-refractivity contribution in [2.45, 2.75) is 26.3 Å². The lowest BCUT2D eigenvalue weighted by molar-refractivity contribution is -0.123. The van der Waals surface area contributed by atoms with Crippen LogP contribution in [0.3, 0.4) is 0 Å². The van der Waals surface area contributed by atoms with Gasteiger partial charge in [-0.15, -0.1) is 11.3 Å². The highest BCUT2D eigenvalue weighted by Crippen LogP contribution is 2.37. The normalized spacial score (nSPS) is 16.4. The zero-order chi connectivity index (χ0) is 22.2. The highest BCUT2D eigenvalue weighted by molar-refractivity contribution is 8.26. The first-order chi connectivity index (χ1) is 15.5. The van der Waals surface area contributed by atoms with Crippen LogP contribution in [0.5, 0.6) is 0 Å². The first-order valence-corrected chi connectivity index (χ1v) is 12.4. The molecule has 0 N–H and O–H groups in total. The van der Waals surface area contributed by atoms with Crippen molar-refractivity contribution < 1.29 is 4.79 Å². The van der Waals surface area contributed by atoms with Gasteiger partial charge in [0.25, 0.3) is 5.91 Å². The second kappa shape index (κ2) is 8.61. The number of thioether (sulfide) groups is 1. The Labute approximate surface area is 199 Å². The van der Waals surface area contributed by atoms with E-state index in [1.807, 2.05) is 72.4 Å². The van der Waals surface area contributed by atoms with E-state index in [2.05, 4.69) is 13.0 Å². The van der Waals surface area contributed by atoms with Crippen LogP contribution in [0.2, 0.25) is 0 Å². The van der Waals surface area contributed by atoms with Gasteiger partial charge in [0.05, 0.1) is 20.8 Å². The number of para-hydroxylation sites is 2. The van der Waals surface area contributed by atoms with Crippen LogP contribution in [0, 0.1) is 0 Å². The molecule has 0 aliphatic carbocycles. The van der Waals surface area contributed by atoms with E-state index in [0.717, 1.165) is 38.6 Å². The summed E-state index contributed by atoms with van der Waals surface area (Å²) in [5, 5.41) is 5.68. The summed E-state index contributed by atoms with van der Waals surface area (Å²) in [6.07, 6.45) is 4.70. The Morgan fingerprint density at radius 1 is 1.12 bits per heavy atom. The van der Waals surface area contributed by atoms with Crippen LogP contribution in [0.1, 0.15) is 25.8 Å². The second-order valence-electron chi connectivity index (χ2n) is 7.51. The molecule has 4 aromatic rings. The van der Waals surface area contributed by atoms with Crippen LogP contribution in [0.25, 0.3) is 32.7 Å². The Kier molecular flexibility index (Phi) is 5.67. The molecule has 0 spiro atoms. The third-order valence-corrected chi connectivity index (χ3v) is 7.77. The molecule has 2 aromatic carbocycles. The number of aromatic nitrogens is 3. The average molecular weight is 477 g/mol. The third kappa shape index (κ3) is 3.79. The second-order valence-corrected chi connectivity index (χ2v) is 10.2. The van der Waals surface area contributed by atoms with Crippen molar-refractivity contribution in [1.82, 2.24) is 19.7 Å². The number of amides is 1. The molecule has 1 unspecified atom stereocenters. The first kappa shape index (κ1) is 21.1. The molecule has 1 saturated heterocycles. The molecular formula is C24H20N4OS3. The summed E-state index contributed by atoms with van der Waals surface area (Å²) in [4.78, 5) is 20.2. The van der Waals surface area contributed by atoms with Gasteiger partial charge in [-0.3, -0.25) is 9.69 Å². The van der Waals surface area contributed by atoms with Crippen molar-refractivity contribution in [3.05, 3.63) is 71.3 Å². The van der Waals surface area contributed by atoms with Crippen LogP contribution < -0.4 is 0 Å². The lowest BCUT2D eigenvalue weighted by Crippen LogP contribution is -2.36. The molecule has 0 radical (unpaired) electrons. The molecule has 1 fully saturated rings. The van der Waals surface area contributed by atoms with E-state index in [-0.39, 0.29) is 11.9 Å². The third-order valence-electron chi connectivity index (χ3n) is 5.40. The van der Waals surface area contributed by atoms with Gasteiger partial charge in [-0.1, -0.05) is 61.2 Å². The zero-order valence-electron chi connectivity index (χ0n) is 17.6. The van der Waals surface area contributed by atoms with E-state index in [1.54, 1.807) is 16.2 Å². The molecule has 2 aromatic heterocycles. The maximum Gasteiger partial charge on any atom is 0.266 e. The Morgan fingerprint density at radius 2 is 1.88 bits per heavy atom. The summed E-state index contributed by atoms with van der Waals surface area (Å²) in [6.45, 7) is 4.08. The molecule has 160 valence electrons. The number of carbonyl (C=O) groups is 1. The van der Waals surface area contributed by atoms with Crippen molar-refractivity contribution in [1.29, 1.82) is 0 Å². The first-order valence-electron chi connectivity index (χ1n) is 10.3. The van der Waals surface area contributed by atoms with Crippen molar-refractivity contribution in [3.63, 3.8) is 0 Å². The predicted molar refractivity (Wildman–Crippen MR) is 137 cm³/mol. The molecule has 1 atom stereocenters. The van der Waals surface area contributed by atoms with Crippen molar-refractivity contribution >= 4 is 61.8 Å². The minimum absolute atomic E-state index is 0.0444. The van der Waals surface area contributed by atoms with Crippen LogP contribution in [0.4, 0.5) is 0 Å². The number of nitrogens with zero attached hydrogens (tertiary/aromatic N) is 4. The monoisotopic (exact) mass is 476 g/mol. The largest absolute Gasteiger partial charge is 0.290 e. The summed E-state index contributed by atoms with van der Waals surface area (Å²) >= 11 is 8.45. The highest BCUT2D eigenvalue weighted by Gasteiger charge is 2.35. The standard InChI is InChI=1S/C24H20N4OS3/c1-3-15(2)28-23(29)20(32-24(28)30)13-16-14-27(17-9-5-4-6-10-17)26-21(16)22-25-18-11-7-8-12-19(18)31-22/h4-15H,3H2,1-2H3/b20-13-. The van der Waals surface area contributed by atoms with E-state index < -0.39 is 0 Å². The summed E-state index contributed by atoms with van der Waals surface area (Å²) < 4.78 is 3.54. The van der Waals surface area contributed by atoms with E-state index in [4.69, 9.17) is 22.3 Å². The molecule has 32 heavy (non-hydrogen) atoms. The van der Waals surface area contributed by atoms with Gasteiger partial charge in [-0.05, 0) is 43.7 Å². The molecule has 3 heterocycles. The number of hydrogen-bond donors (Lipinski definition) is 0. The Balaban J connectivity index is 1.62. The van der Waals surface area contributed by atoms with Crippen LogP contribution in [0.15, 0.2) is 65.7 Å². The van der Waals surface area contributed by atoms with Gasteiger partial charge in [0.1, 0.15) is 15.0 Å². The summed E-state index contributed by atoms with van der Waals surface area (Å²) in [5.41, 5.74) is 3.49. The van der Waals surface area contributed by atoms with E-state index in [9.17, 15) is 4.79 Å². The van der Waals surface area contributed by atoms with Crippen molar-refractivity contribution in [2.24, 2.45) is 0 Å². The molecule has 8 heteroatoms. The molecule has 5 rings (SSSR count). The Hall–Kier alpha value is -2.81. The highest BCUT2D eigenvalue weighted by atomic mass is 32.2. The minimum Gasteiger partial charge on any atom is -0.290 e. The van der Waals surface area contributed by atoms with Gasteiger partial charge >= 0.3 is 0 Å². The minimum atomic E-state index is -0.0444. The number of rotatable bonds is 5. The predicted octanol–water partition coefficient (Wildman–Crippen LogP) is 6.15. The fourth-order valence-corrected chi connectivity index (χ4v) is 5.95. The van der Waals surface area contributed by atoms with Crippen LogP contribution in [-0.4, -0.2) is 35.9 Å². The number of benzene rings is 2. The molecule has 1 aliphatic heterocycles. The maximum absolute atomic E-state index is 13.1. The SMILES string of the molecule is CCC(C)N1C(=O)/C(=C/c2cn(-c3ccccc3)nc2-c2nc3ccccc3s2)SC1=S. The average Bonchev–Trinajstić information content (AvgIpc) is 3.49. The summed E-state index contributed by atoms with van der Waals surface area (Å²) in [7, 11) is 0. The van der Waals surface area contributed by atoms with Gasteiger partial charge in [0.2, 0.25) is 0 Å². The zero-order valence-corrected chi connectivity index (χ0v) is 20.0. The summed E-state index contributed by atoms with van der Waals surface area (Å²) in [6, 6.07) is 18.1. The fraction of sp³-hybridized carbons (Fsp3) is 0.167. The Morgan fingerprint density at radius 3 is 2.62 bits per heavy atom. The quantitative estimate of drug-likeness (QED) is 0.255. The Bertz CT molecular complexity index is 1320. The molecule has 1 amide bonds. The fourth-order valence-electron chi connectivity index (χ4n) is 3.53. The van der Waals surface area contributed by atoms with E-state index in [0.29, 0.717) is 9.23 Å². The molecule has 0 bridgehead atoms. The van der Waals surface area contributed by atoms with Gasteiger partial charge in [0, 0.05) is 17.8 Å². The number of thiazole rings is 1. The topological polar surface area (TPSA) is 51.0 Å². The molecule has 0 saturated carbocycles. The van der Waals surface area contributed by atoms with E-state index in [1.165, 1.54) is 11.8 Å². The van der Waals surface area contributed by atoms with E-state index >= 15 is 0 Å². The number of hydrogen-bond acceptors (Lipinski definition) is 6. The van der Waals surface area contributed by atoms with Gasteiger partial charge in [0.15, 0.2) is 0 Å². The van der Waals surface area contributed by atoms with Gasteiger partial charge in [-0.2, -0.15) is 5.10 Å². The smallest absolute Gasteiger partial charge is 0.266 e. The van der Waals surface area contributed by atoms with Gasteiger partial charge in [-0.25, -0.2) is 9.67 Å². The number of thiocarbonyl (C=S) groups is 1. The van der Waals surface area contributed by atoms with Gasteiger partial charge < -0.3 is 0 Å². The maximum atomic E-state index is 13.1.